The van der Waals surface area contributed by atoms with Crippen molar-refractivity contribution in [2.24, 2.45) is 5.92 Å². The maximum Gasteiger partial charge on any atom is 0.0719 e. The van der Waals surface area contributed by atoms with Gasteiger partial charge in [-0.05, 0) is 18.9 Å². The van der Waals surface area contributed by atoms with Gasteiger partial charge >= 0.3 is 0 Å². The summed E-state index contributed by atoms with van der Waals surface area (Å²) in [6.07, 6.45) is 4.81. The van der Waals surface area contributed by atoms with E-state index in [0.29, 0.717) is 5.92 Å². The molecule has 2 N–H and O–H groups in total. The molecule has 90 valence electrons. The molecule has 1 unspecified atom stereocenters. The highest BCUT2D eigenvalue weighted by molar-refractivity contribution is 5.30. The normalized spacial score (nSPS) is 21.7. The van der Waals surface area contributed by atoms with Gasteiger partial charge in [-0.15, -0.1) is 0 Å². The minimum absolute atomic E-state index is 0.702. The van der Waals surface area contributed by atoms with Crippen LogP contribution in [-0.2, 0) is 11.3 Å². The van der Waals surface area contributed by atoms with Crippen LogP contribution < -0.4 is 5.73 Å². The molecule has 1 aromatic rings. The number of rotatable bonds is 5. The molecule has 1 aromatic heterocycles. The molecule has 1 aliphatic heterocycles. The predicted octanol–water partition coefficient (Wildman–Crippen LogP) is 0.434. The van der Waals surface area contributed by atoms with E-state index in [0.717, 1.165) is 31.9 Å². The molecular formula is C11H20N4O. The Hall–Kier alpha value is -1.07. The van der Waals surface area contributed by atoms with Crippen LogP contribution in [0.1, 0.15) is 6.42 Å². The largest absolute Gasteiger partial charge is 0.396 e. The van der Waals surface area contributed by atoms with Crippen LogP contribution in [-0.4, -0.2) is 48.0 Å². The predicted molar refractivity (Wildman–Crippen MR) is 63.1 cm³/mol. The topological polar surface area (TPSA) is 56.3 Å². The van der Waals surface area contributed by atoms with Crippen molar-refractivity contribution in [3.8, 4) is 0 Å². The van der Waals surface area contributed by atoms with E-state index in [9.17, 15) is 0 Å². The summed E-state index contributed by atoms with van der Waals surface area (Å²) in [5, 5.41) is 4.17. The van der Waals surface area contributed by atoms with Gasteiger partial charge in [-0.25, -0.2) is 0 Å². The number of nitrogens with zero attached hydrogens (tertiary/aromatic N) is 3. The minimum Gasteiger partial charge on any atom is -0.396 e. The highest BCUT2D eigenvalue weighted by Crippen LogP contribution is 2.15. The molecule has 1 saturated heterocycles. The number of aromatic nitrogens is 2. The second-order valence-corrected chi connectivity index (χ2v) is 4.45. The smallest absolute Gasteiger partial charge is 0.0719 e. The Balaban J connectivity index is 1.71. The van der Waals surface area contributed by atoms with Crippen LogP contribution in [0.15, 0.2) is 12.4 Å². The van der Waals surface area contributed by atoms with Crippen molar-refractivity contribution in [3.05, 3.63) is 12.4 Å². The summed E-state index contributed by atoms with van der Waals surface area (Å²) in [6, 6.07) is 0. The van der Waals surface area contributed by atoms with Gasteiger partial charge in [-0.3, -0.25) is 4.68 Å². The van der Waals surface area contributed by atoms with Crippen LogP contribution in [0.2, 0.25) is 0 Å². The summed E-state index contributed by atoms with van der Waals surface area (Å²) in [7, 11) is 1.77. The van der Waals surface area contributed by atoms with E-state index in [2.05, 4.69) is 10.00 Å². The maximum atomic E-state index is 5.61. The Morgan fingerprint density at radius 1 is 1.56 bits per heavy atom. The van der Waals surface area contributed by atoms with Gasteiger partial charge in [0.2, 0.25) is 0 Å². The molecule has 2 heterocycles. The zero-order chi connectivity index (χ0) is 11.4. The Kier molecular flexibility index (Phi) is 3.79. The zero-order valence-corrected chi connectivity index (χ0v) is 9.80. The SMILES string of the molecule is COCC1CCN(CCn2cc(N)cn2)C1. The van der Waals surface area contributed by atoms with E-state index in [-0.39, 0.29) is 0 Å². The van der Waals surface area contributed by atoms with Crippen LogP contribution in [0.3, 0.4) is 0 Å². The van der Waals surface area contributed by atoms with Crippen molar-refractivity contribution in [1.82, 2.24) is 14.7 Å². The van der Waals surface area contributed by atoms with Crippen molar-refractivity contribution in [2.45, 2.75) is 13.0 Å². The van der Waals surface area contributed by atoms with Gasteiger partial charge in [-0.2, -0.15) is 5.10 Å². The first kappa shape index (κ1) is 11.4. The summed E-state index contributed by atoms with van der Waals surface area (Å²) >= 11 is 0. The van der Waals surface area contributed by atoms with Gasteiger partial charge < -0.3 is 15.4 Å². The Bertz CT molecular complexity index is 326. The zero-order valence-electron chi connectivity index (χ0n) is 9.80. The third-order valence-electron chi connectivity index (χ3n) is 3.07. The van der Waals surface area contributed by atoms with Crippen molar-refractivity contribution < 1.29 is 4.74 Å². The number of hydrogen-bond donors (Lipinski definition) is 1. The number of likely N-dealkylation sites (tertiary alicyclic amines) is 1. The lowest BCUT2D eigenvalue weighted by Gasteiger charge is -2.15. The van der Waals surface area contributed by atoms with Crippen molar-refractivity contribution in [2.75, 3.05) is 39.1 Å². The lowest BCUT2D eigenvalue weighted by atomic mass is 10.1. The summed E-state index contributed by atoms with van der Waals surface area (Å²) in [5.74, 6) is 0.702. The van der Waals surface area contributed by atoms with E-state index in [1.54, 1.807) is 13.3 Å². The fourth-order valence-corrected chi connectivity index (χ4v) is 2.23. The quantitative estimate of drug-likeness (QED) is 0.788. The van der Waals surface area contributed by atoms with Gasteiger partial charge in [0.05, 0.1) is 25.0 Å². The molecule has 5 heteroatoms. The van der Waals surface area contributed by atoms with Crippen LogP contribution in [0, 0.1) is 5.92 Å². The fraction of sp³-hybridized carbons (Fsp3) is 0.727. The van der Waals surface area contributed by atoms with Gasteiger partial charge in [0.25, 0.3) is 0 Å². The van der Waals surface area contributed by atoms with Crippen LogP contribution in [0.25, 0.3) is 0 Å². The molecule has 0 aliphatic carbocycles. The lowest BCUT2D eigenvalue weighted by Crippen LogP contribution is -2.26. The molecule has 0 saturated carbocycles. The van der Waals surface area contributed by atoms with Crippen LogP contribution in [0.5, 0.6) is 0 Å². The van der Waals surface area contributed by atoms with Gasteiger partial charge in [-0.1, -0.05) is 0 Å². The van der Waals surface area contributed by atoms with Gasteiger partial charge in [0.1, 0.15) is 0 Å². The van der Waals surface area contributed by atoms with Crippen molar-refractivity contribution >= 4 is 5.69 Å². The molecule has 5 nitrogen and oxygen atoms in total. The van der Waals surface area contributed by atoms with Gasteiger partial charge in [0.15, 0.2) is 0 Å². The first-order chi connectivity index (χ1) is 7.78. The van der Waals surface area contributed by atoms with Crippen molar-refractivity contribution in [1.29, 1.82) is 0 Å². The number of anilines is 1. The molecular weight excluding hydrogens is 204 g/mol. The number of nitrogen functional groups attached to an aromatic ring is 1. The number of methoxy groups -OCH3 is 1. The number of hydrogen-bond acceptors (Lipinski definition) is 4. The average Bonchev–Trinajstić information content (AvgIpc) is 2.85. The average molecular weight is 224 g/mol. The van der Waals surface area contributed by atoms with E-state index in [1.807, 2.05) is 10.9 Å². The monoisotopic (exact) mass is 224 g/mol. The second kappa shape index (κ2) is 5.32. The highest BCUT2D eigenvalue weighted by Gasteiger charge is 2.21. The molecule has 0 aromatic carbocycles. The third kappa shape index (κ3) is 2.96. The molecule has 2 rings (SSSR count). The Morgan fingerprint density at radius 2 is 2.44 bits per heavy atom. The number of nitrogens with two attached hydrogens (primary N) is 1. The second-order valence-electron chi connectivity index (χ2n) is 4.45. The Morgan fingerprint density at radius 3 is 3.12 bits per heavy atom. The summed E-state index contributed by atoms with van der Waals surface area (Å²) in [4.78, 5) is 2.46. The van der Waals surface area contributed by atoms with E-state index < -0.39 is 0 Å². The van der Waals surface area contributed by atoms with Crippen molar-refractivity contribution in [3.63, 3.8) is 0 Å². The molecule has 0 amide bonds. The van der Waals surface area contributed by atoms with Crippen LogP contribution >= 0.6 is 0 Å². The van der Waals surface area contributed by atoms with Crippen LogP contribution in [0.4, 0.5) is 5.69 Å². The first-order valence-corrected chi connectivity index (χ1v) is 5.77. The first-order valence-electron chi connectivity index (χ1n) is 5.77. The standard InChI is InChI=1S/C11H20N4O/c1-16-9-10-2-3-14(7-10)4-5-15-8-11(12)6-13-15/h6,8,10H,2-5,7,9,12H2,1H3. The molecule has 1 aliphatic rings. The molecule has 0 spiro atoms. The highest BCUT2D eigenvalue weighted by atomic mass is 16.5. The molecule has 1 atom stereocenters. The van der Waals surface area contributed by atoms with E-state index >= 15 is 0 Å². The summed E-state index contributed by atoms with van der Waals surface area (Å²) in [5.41, 5.74) is 6.35. The van der Waals surface area contributed by atoms with Gasteiger partial charge in [0, 0.05) is 26.4 Å². The minimum atomic E-state index is 0.702. The third-order valence-corrected chi connectivity index (χ3v) is 3.07. The molecule has 0 bridgehead atoms. The molecule has 1 fully saturated rings. The fourth-order valence-electron chi connectivity index (χ4n) is 2.23. The Labute approximate surface area is 96.2 Å². The number of ether oxygens (including phenoxy) is 1. The molecule has 16 heavy (non-hydrogen) atoms. The van der Waals surface area contributed by atoms with E-state index in [1.165, 1.54) is 13.0 Å². The maximum absolute atomic E-state index is 5.61. The summed E-state index contributed by atoms with van der Waals surface area (Å²) in [6.45, 7) is 5.15. The summed E-state index contributed by atoms with van der Waals surface area (Å²) < 4.78 is 7.08. The molecule has 0 radical (unpaired) electrons. The van der Waals surface area contributed by atoms with E-state index in [4.69, 9.17) is 10.5 Å². The lowest BCUT2D eigenvalue weighted by molar-refractivity contribution is 0.152.